The van der Waals surface area contributed by atoms with Gasteiger partial charge in [-0.25, -0.2) is 0 Å². The molecule has 1 atom stereocenters. The summed E-state index contributed by atoms with van der Waals surface area (Å²) >= 11 is 2.64. The van der Waals surface area contributed by atoms with Crippen molar-refractivity contribution in [2.24, 2.45) is 0 Å². The molecule has 1 aromatic carbocycles. The van der Waals surface area contributed by atoms with Crippen LogP contribution in [0.15, 0.2) is 28.6 Å². The first-order chi connectivity index (χ1) is 11.0. The molecule has 124 valence electrons. The van der Waals surface area contributed by atoms with Crippen LogP contribution in [0.5, 0.6) is 0 Å². The van der Waals surface area contributed by atoms with Crippen molar-refractivity contribution in [2.75, 3.05) is 32.1 Å². The van der Waals surface area contributed by atoms with Gasteiger partial charge in [-0.2, -0.15) is 0 Å². The Morgan fingerprint density at radius 2 is 2.13 bits per heavy atom. The second kappa shape index (κ2) is 8.28. The minimum Gasteiger partial charge on any atom is -0.374 e. The lowest BCUT2D eigenvalue weighted by Gasteiger charge is -2.26. The van der Waals surface area contributed by atoms with Crippen LogP contribution in [0.1, 0.15) is 17.2 Å². The van der Waals surface area contributed by atoms with Crippen molar-refractivity contribution in [2.45, 2.75) is 17.3 Å². The Labute approximate surface area is 144 Å². The Kier molecular flexibility index (Phi) is 6.37. The number of anilines is 1. The van der Waals surface area contributed by atoms with Crippen molar-refractivity contribution in [3.63, 3.8) is 0 Å². The average molecular weight is 352 g/mol. The molecule has 0 bridgehead atoms. The van der Waals surface area contributed by atoms with Gasteiger partial charge in [0.2, 0.25) is 11.0 Å². The monoisotopic (exact) mass is 351 g/mol. The Bertz CT molecular complexity index is 659. The maximum Gasteiger partial charge on any atom is 0.230 e. The number of likely N-dealkylation sites (N-methyl/N-ethyl adjacent to an activating group) is 1. The number of carbonyl (C=O) groups excluding carboxylic acids is 1. The van der Waals surface area contributed by atoms with E-state index in [-0.39, 0.29) is 11.9 Å². The number of carbonyl (C=O) groups is 1. The number of thioether (sulfide) groups is 1. The maximum absolute atomic E-state index is 12.0. The minimum absolute atomic E-state index is 0.0239. The first kappa shape index (κ1) is 17.7. The van der Waals surface area contributed by atoms with Gasteiger partial charge in [-0.3, -0.25) is 4.79 Å². The van der Waals surface area contributed by atoms with E-state index in [2.05, 4.69) is 39.5 Å². The van der Waals surface area contributed by atoms with Crippen molar-refractivity contribution in [1.29, 1.82) is 0 Å². The Morgan fingerprint density at radius 1 is 1.39 bits per heavy atom. The van der Waals surface area contributed by atoms with Crippen LogP contribution >= 0.6 is 23.1 Å². The van der Waals surface area contributed by atoms with Crippen LogP contribution in [-0.4, -0.2) is 47.4 Å². The van der Waals surface area contributed by atoms with E-state index < -0.39 is 0 Å². The Balaban J connectivity index is 1.89. The summed E-state index contributed by atoms with van der Waals surface area (Å²) in [6.07, 6.45) is 0. The van der Waals surface area contributed by atoms with Gasteiger partial charge in [-0.05, 0) is 32.1 Å². The number of nitrogen functional groups attached to an aromatic ring is 1. The molecule has 0 saturated carbocycles. The number of hydrogen-bond acceptors (Lipinski definition) is 7. The van der Waals surface area contributed by atoms with Crippen LogP contribution in [0.4, 0.5) is 5.13 Å². The number of rotatable bonds is 7. The summed E-state index contributed by atoms with van der Waals surface area (Å²) in [4.78, 5) is 14.2. The number of hydrogen-bond donors (Lipinski definition) is 2. The highest BCUT2D eigenvalue weighted by Crippen LogP contribution is 2.23. The molecule has 6 nitrogen and oxygen atoms in total. The first-order valence-corrected chi connectivity index (χ1v) is 8.98. The predicted molar refractivity (Wildman–Crippen MR) is 95.7 cm³/mol. The zero-order chi connectivity index (χ0) is 16.8. The lowest BCUT2D eigenvalue weighted by molar-refractivity contribution is -0.118. The molecule has 1 aromatic heterocycles. The van der Waals surface area contributed by atoms with Gasteiger partial charge in [0.25, 0.3) is 0 Å². The summed E-state index contributed by atoms with van der Waals surface area (Å²) in [7, 11) is 4.03. The zero-order valence-electron chi connectivity index (χ0n) is 13.4. The minimum atomic E-state index is -0.0239. The van der Waals surface area contributed by atoms with Crippen LogP contribution in [0.25, 0.3) is 0 Å². The SMILES string of the molecule is Cc1ccccc1[C@H](CNC(=O)CSc1nnc(N)s1)N(C)C. The molecule has 0 aliphatic heterocycles. The molecule has 23 heavy (non-hydrogen) atoms. The molecular weight excluding hydrogens is 330 g/mol. The predicted octanol–water partition coefficient (Wildman–Crippen LogP) is 1.94. The number of aryl methyl sites for hydroxylation is 1. The average Bonchev–Trinajstić information content (AvgIpc) is 2.92. The van der Waals surface area contributed by atoms with E-state index in [0.717, 1.165) is 0 Å². The maximum atomic E-state index is 12.0. The zero-order valence-corrected chi connectivity index (χ0v) is 15.1. The third-order valence-electron chi connectivity index (χ3n) is 3.41. The van der Waals surface area contributed by atoms with E-state index >= 15 is 0 Å². The highest BCUT2D eigenvalue weighted by molar-refractivity contribution is 8.01. The Hall–Kier alpha value is -1.64. The third kappa shape index (κ3) is 5.19. The topological polar surface area (TPSA) is 84.1 Å². The quantitative estimate of drug-likeness (QED) is 0.742. The summed E-state index contributed by atoms with van der Waals surface area (Å²) in [6, 6.07) is 8.38. The van der Waals surface area contributed by atoms with Crippen molar-refractivity contribution >= 4 is 34.1 Å². The van der Waals surface area contributed by atoms with E-state index in [4.69, 9.17) is 5.73 Å². The molecule has 2 aromatic rings. The first-order valence-electron chi connectivity index (χ1n) is 7.18. The standard InChI is InChI=1S/C15H21N5OS2/c1-10-6-4-5-7-11(10)12(20(2)3)8-17-13(21)9-22-15-19-18-14(16)23-15/h4-7,12H,8-9H2,1-3H3,(H2,16,18)(H,17,21)/t12-/m0/s1. The normalized spacial score (nSPS) is 12.3. The van der Waals surface area contributed by atoms with Crippen LogP contribution < -0.4 is 11.1 Å². The lowest BCUT2D eigenvalue weighted by atomic mass is 10.0. The number of aromatic nitrogens is 2. The molecule has 2 rings (SSSR count). The molecule has 0 aliphatic rings. The van der Waals surface area contributed by atoms with E-state index in [1.807, 2.05) is 26.2 Å². The summed E-state index contributed by atoms with van der Waals surface area (Å²) in [5, 5.41) is 11.0. The van der Waals surface area contributed by atoms with Crippen LogP contribution in [-0.2, 0) is 4.79 Å². The summed E-state index contributed by atoms with van der Waals surface area (Å²) in [5.41, 5.74) is 7.97. The van der Waals surface area contributed by atoms with E-state index in [1.54, 1.807) is 0 Å². The van der Waals surface area contributed by atoms with Gasteiger partial charge in [0.1, 0.15) is 0 Å². The molecule has 1 heterocycles. The fourth-order valence-electron chi connectivity index (χ4n) is 2.20. The van der Waals surface area contributed by atoms with E-state index in [0.29, 0.717) is 21.8 Å². The van der Waals surface area contributed by atoms with Crippen molar-refractivity contribution in [3.8, 4) is 0 Å². The van der Waals surface area contributed by atoms with Gasteiger partial charge in [0, 0.05) is 6.54 Å². The van der Waals surface area contributed by atoms with Gasteiger partial charge in [-0.15, -0.1) is 10.2 Å². The van der Waals surface area contributed by atoms with Gasteiger partial charge < -0.3 is 16.0 Å². The second-order valence-electron chi connectivity index (χ2n) is 5.33. The molecule has 0 radical (unpaired) electrons. The second-order valence-corrected chi connectivity index (χ2v) is 7.57. The highest BCUT2D eigenvalue weighted by Gasteiger charge is 2.17. The third-order valence-corrected chi connectivity index (χ3v) is 5.30. The molecular formula is C15H21N5OS2. The number of nitrogens with zero attached hydrogens (tertiary/aromatic N) is 3. The molecule has 0 fully saturated rings. The van der Waals surface area contributed by atoms with Gasteiger partial charge in [0.05, 0.1) is 11.8 Å². The number of nitrogens with two attached hydrogens (primary N) is 1. The summed E-state index contributed by atoms with van der Waals surface area (Å²) in [6.45, 7) is 2.65. The highest BCUT2D eigenvalue weighted by atomic mass is 32.2. The molecule has 3 N–H and O–H groups in total. The lowest BCUT2D eigenvalue weighted by Crippen LogP contribution is -2.35. The molecule has 0 unspecified atom stereocenters. The fourth-order valence-corrected chi connectivity index (χ4v) is 3.66. The molecule has 0 aliphatic carbocycles. The summed E-state index contributed by atoms with van der Waals surface area (Å²) in [5.74, 6) is 0.284. The molecule has 0 spiro atoms. The van der Waals surface area contributed by atoms with Crippen LogP contribution in [0.3, 0.4) is 0 Å². The number of nitrogens with one attached hydrogen (secondary N) is 1. The Morgan fingerprint density at radius 3 is 2.74 bits per heavy atom. The largest absolute Gasteiger partial charge is 0.374 e. The smallest absolute Gasteiger partial charge is 0.230 e. The van der Waals surface area contributed by atoms with Gasteiger partial charge >= 0.3 is 0 Å². The van der Waals surface area contributed by atoms with Gasteiger partial charge in [-0.1, -0.05) is 47.4 Å². The van der Waals surface area contributed by atoms with Gasteiger partial charge in [0.15, 0.2) is 4.34 Å². The number of benzene rings is 1. The molecule has 0 saturated heterocycles. The van der Waals surface area contributed by atoms with Crippen LogP contribution in [0.2, 0.25) is 0 Å². The van der Waals surface area contributed by atoms with Crippen molar-refractivity contribution in [1.82, 2.24) is 20.4 Å². The van der Waals surface area contributed by atoms with Crippen molar-refractivity contribution < 1.29 is 4.79 Å². The van der Waals surface area contributed by atoms with E-state index in [9.17, 15) is 4.79 Å². The summed E-state index contributed by atoms with van der Waals surface area (Å²) < 4.78 is 0.709. The number of amides is 1. The van der Waals surface area contributed by atoms with E-state index in [1.165, 1.54) is 34.2 Å². The van der Waals surface area contributed by atoms with Crippen molar-refractivity contribution in [3.05, 3.63) is 35.4 Å². The molecule has 8 heteroatoms. The fraction of sp³-hybridized carbons (Fsp3) is 0.400. The molecule has 1 amide bonds. The van der Waals surface area contributed by atoms with Crippen LogP contribution in [0, 0.1) is 6.92 Å².